The van der Waals surface area contributed by atoms with Crippen molar-refractivity contribution in [1.29, 1.82) is 0 Å². The molecule has 2 rings (SSSR count). The summed E-state index contributed by atoms with van der Waals surface area (Å²) in [5.74, 6) is 0. The molecule has 1 fully saturated rings. The molecule has 88 valence electrons. The number of nitrogens with one attached hydrogen (secondary N) is 1. The van der Waals surface area contributed by atoms with Crippen LogP contribution < -0.4 is 5.32 Å². The van der Waals surface area contributed by atoms with E-state index in [2.05, 4.69) is 35.1 Å². The summed E-state index contributed by atoms with van der Waals surface area (Å²) in [5.41, 5.74) is 1.51. The first-order valence-electron chi connectivity index (χ1n) is 6.02. The molecule has 1 aliphatic rings. The minimum absolute atomic E-state index is 0.186. The van der Waals surface area contributed by atoms with E-state index in [4.69, 9.17) is 0 Å². The molecule has 3 nitrogen and oxygen atoms in total. The molecule has 1 aliphatic heterocycles. The van der Waals surface area contributed by atoms with E-state index < -0.39 is 0 Å². The van der Waals surface area contributed by atoms with E-state index >= 15 is 0 Å². The lowest BCUT2D eigenvalue weighted by atomic mass is 9.85. The van der Waals surface area contributed by atoms with Gasteiger partial charge in [0.25, 0.3) is 0 Å². The summed E-state index contributed by atoms with van der Waals surface area (Å²) < 4.78 is 0. The summed E-state index contributed by atoms with van der Waals surface area (Å²) in [7, 11) is 0. The Labute approximate surface area is 97.9 Å². The second-order valence-corrected chi connectivity index (χ2v) is 5.15. The average Bonchev–Trinajstić information content (AvgIpc) is 2.31. The maximum atomic E-state index is 4.21. The van der Waals surface area contributed by atoms with Gasteiger partial charge in [-0.2, -0.15) is 0 Å². The highest BCUT2D eigenvalue weighted by atomic mass is 15.2. The van der Waals surface area contributed by atoms with E-state index in [1.807, 2.05) is 18.5 Å². The van der Waals surface area contributed by atoms with Crippen LogP contribution in [0.25, 0.3) is 0 Å². The first-order chi connectivity index (χ1) is 7.68. The topological polar surface area (TPSA) is 28.2 Å². The molecule has 0 saturated carbocycles. The van der Waals surface area contributed by atoms with Crippen molar-refractivity contribution in [1.82, 2.24) is 15.2 Å². The number of hydrogen-bond acceptors (Lipinski definition) is 3. The lowest BCUT2D eigenvalue weighted by Gasteiger charge is -2.35. The maximum absolute atomic E-state index is 4.21. The van der Waals surface area contributed by atoms with E-state index in [0.29, 0.717) is 0 Å². The summed E-state index contributed by atoms with van der Waals surface area (Å²) in [5, 5.41) is 3.39. The first kappa shape index (κ1) is 11.6. The highest BCUT2D eigenvalue weighted by molar-refractivity contribution is 5.20. The van der Waals surface area contributed by atoms with Crippen LogP contribution in [0.1, 0.15) is 19.4 Å². The van der Waals surface area contributed by atoms with Crippen LogP contribution in [0, 0.1) is 0 Å². The van der Waals surface area contributed by atoms with Crippen LogP contribution in [0.3, 0.4) is 0 Å². The molecule has 0 aliphatic carbocycles. The highest BCUT2D eigenvalue weighted by Crippen LogP contribution is 2.23. The van der Waals surface area contributed by atoms with Gasteiger partial charge >= 0.3 is 0 Å². The van der Waals surface area contributed by atoms with Gasteiger partial charge in [-0.3, -0.25) is 9.88 Å². The second kappa shape index (κ2) is 4.93. The Morgan fingerprint density at radius 1 is 1.38 bits per heavy atom. The Morgan fingerprint density at radius 3 is 2.75 bits per heavy atom. The molecule has 0 bridgehead atoms. The Hall–Kier alpha value is -0.930. The van der Waals surface area contributed by atoms with Crippen molar-refractivity contribution in [2.45, 2.75) is 19.3 Å². The summed E-state index contributed by atoms with van der Waals surface area (Å²) >= 11 is 0. The molecule has 0 unspecified atom stereocenters. The van der Waals surface area contributed by atoms with Crippen molar-refractivity contribution in [2.75, 3.05) is 32.7 Å². The molecule has 0 aromatic carbocycles. The van der Waals surface area contributed by atoms with Gasteiger partial charge in [0, 0.05) is 50.5 Å². The summed E-state index contributed by atoms with van der Waals surface area (Å²) in [6.45, 7) is 10.2. The van der Waals surface area contributed by atoms with Gasteiger partial charge in [0.15, 0.2) is 0 Å². The van der Waals surface area contributed by atoms with Crippen LogP contribution >= 0.6 is 0 Å². The smallest absolute Gasteiger partial charge is 0.0305 e. The van der Waals surface area contributed by atoms with Gasteiger partial charge in [0.1, 0.15) is 0 Å². The van der Waals surface area contributed by atoms with Gasteiger partial charge in [0.2, 0.25) is 0 Å². The van der Waals surface area contributed by atoms with Crippen molar-refractivity contribution in [3.63, 3.8) is 0 Å². The van der Waals surface area contributed by atoms with E-state index in [9.17, 15) is 0 Å². The lowest BCUT2D eigenvalue weighted by molar-refractivity contribution is 0.200. The SMILES string of the molecule is CC(C)(CN1CCNCC1)c1cccnc1. The van der Waals surface area contributed by atoms with Gasteiger partial charge in [0.05, 0.1) is 0 Å². The normalized spacial score (nSPS) is 18.6. The minimum Gasteiger partial charge on any atom is -0.314 e. The van der Waals surface area contributed by atoms with Gasteiger partial charge in [-0.15, -0.1) is 0 Å². The van der Waals surface area contributed by atoms with Crippen LogP contribution in [-0.2, 0) is 5.41 Å². The zero-order valence-corrected chi connectivity index (χ0v) is 10.2. The molecular formula is C13H21N3. The molecular weight excluding hydrogens is 198 g/mol. The Bertz CT molecular complexity index is 315. The minimum atomic E-state index is 0.186. The third-order valence-electron chi connectivity index (χ3n) is 3.27. The van der Waals surface area contributed by atoms with Crippen molar-refractivity contribution >= 4 is 0 Å². The van der Waals surface area contributed by atoms with Gasteiger partial charge in [-0.05, 0) is 11.6 Å². The molecule has 0 spiro atoms. The van der Waals surface area contributed by atoms with E-state index in [1.165, 1.54) is 5.56 Å². The van der Waals surface area contributed by atoms with Gasteiger partial charge < -0.3 is 5.32 Å². The maximum Gasteiger partial charge on any atom is 0.0305 e. The molecule has 3 heteroatoms. The molecule has 1 N–H and O–H groups in total. The standard InChI is InChI=1S/C13H21N3/c1-13(2,12-4-3-5-15-10-12)11-16-8-6-14-7-9-16/h3-5,10,14H,6-9,11H2,1-2H3. The van der Waals surface area contributed by atoms with Gasteiger partial charge in [-0.1, -0.05) is 19.9 Å². The van der Waals surface area contributed by atoms with Crippen LogP contribution in [0.15, 0.2) is 24.5 Å². The number of rotatable bonds is 3. The molecule has 2 heterocycles. The Kier molecular flexibility index (Phi) is 3.56. The van der Waals surface area contributed by atoms with Crippen molar-refractivity contribution < 1.29 is 0 Å². The number of piperazine rings is 1. The highest BCUT2D eigenvalue weighted by Gasteiger charge is 2.24. The predicted molar refractivity (Wildman–Crippen MR) is 66.6 cm³/mol. The van der Waals surface area contributed by atoms with E-state index in [1.54, 1.807) is 0 Å². The largest absolute Gasteiger partial charge is 0.314 e. The van der Waals surface area contributed by atoms with Crippen LogP contribution in [0.5, 0.6) is 0 Å². The molecule has 1 aromatic rings. The Morgan fingerprint density at radius 2 is 2.12 bits per heavy atom. The fourth-order valence-corrected chi connectivity index (χ4v) is 2.28. The summed E-state index contributed by atoms with van der Waals surface area (Å²) in [6.07, 6.45) is 3.83. The first-order valence-corrected chi connectivity index (χ1v) is 6.02. The van der Waals surface area contributed by atoms with Crippen molar-refractivity contribution in [2.24, 2.45) is 0 Å². The molecule has 0 radical (unpaired) electrons. The molecule has 0 amide bonds. The zero-order chi connectivity index (χ0) is 11.4. The predicted octanol–water partition coefficient (Wildman–Crippen LogP) is 1.26. The average molecular weight is 219 g/mol. The molecule has 1 saturated heterocycles. The molecule has 1 aromatic heterocycles. The summed E-state index contributed by atoms with van der Waals surface area (Å²) in [4.78, 5) is 6.74. The second-order valence-electron chi connectivity index (χ2n) is 5.15. The molecule has 16 heavy (non-hydrogen) atoms. The quantitative estimate of drug-likeness (QED) is 0.829. The third kappa shape index (κ3) is 2.80. The number of pyridine rings is 1. The van der Waals surface area contributed by atoms with Crippen molar-refractivity contribution in [3.8, 4) is 0 Å². The zero-order valence-electron chi connectivity index (χ0n) is 10.2. The number of hydrogen-bond donors (Lipinski definition) is 1. The third-order valence-corrected chi connectivity index (χ3v) is 3.27. The van der Waals surface area contributed by atoms with Gasteiger partial charge in [-0.25, -0.2) is 0 Å². The van der Waals surface area contributed by atoms with Crippen LogP contribution in [0.2, 0.25) is 0 Å². The Balaban J connectivity index is 2.01. The van der Waals surface area contributed by atoms with Crippen LogP contribution in [-0.4, -0.2) is 42.6 Å². The van der Waals surface area contributed by atoms with E-state index in [0.717, 1.165) is 32.7 Å². The monoisotopic (exact) mass is 219 g/mol. The fraction of sp³-hybridized carbons (Fsp3) is 0.615. The van der Waals surface area contributed by atoms with Crippen LogP contribution in [0.4, 0.5) is 0 Å². The van der Waals surface area contributed by atoms with E-state index in [-0.39, 0.29) is 5.41 Å². The number of nitrogens with zero attached hydrogens (tertiary/aromatic N) is 2. The molecule has 0 atom stereocenters. The lowest BCUT2D eigenvalue weighted by Crippen LogP contribution is -2.47. The number of aromatic nitrogens is 1. The van der Waals surface area contributed by atoms with Crippen molar-refractivity contribution in [3.05, 3.63) is 30.1 Å². The fourth-order valence-electron chi connectivity index (χ4n) is 2.28. The summed E-state index contributed by atoms with van der Waals surface area (Å²) in [6, 6.07) is 4.20.